The van der Waals surface area contributed by atoms with Crippen LogP contribution in [0.2, 0.25) is 0 Å². The molecular formula is C11H12F3N5. The van der Waals surface area contributed by atoms with Crippen molar-refractivity contribution in [2.75, 3.05) is 6.54 Å². The first kappa shape index (κ1) is 13.5. The molecule has 0 fully saturated rings. The van der Waals surface area contributed by atoms with Crippen LogP contribution in [0.3, 0.4) is 0 Å². The van der Waals surface area contributed by atoms with Gasteiger partial charge < -0.3 is 5.32 Å². The molecule has 0 radical (unpaired) electrons. The topological polar surface area (TPSA) is 55.6 Å². The predicted molar refractivity (Wildman–Crippen MR) is 61.5 cm³/mol. The summed E-state index contributed by atoms with van der Waals surface area (Å²) < 4.78 is 38.3. The molecule has 0 unspecified atom stereocenters. The molecule has 0 aliphatic carbocycles. The molecule has 2 rings (SSSR count). The third-order valence-corrected chi connectivity index (χ3v) is 2.41. The molecule has 2 heterocycles. The fourth-order valence-electron chi connectivity index (χ4n) is 1.42. The summed E-state index contributed by atoms with van der Waals surface area (Å²) in [7, 11) is 0. The van der Waals surface area contributed by atoms with Crippen molar-refractivity contribution in [2.24, 2.45) is 0 Å². The zero-order valence-electron chi connectivity index (χ0n) is 10.1. The molecule has 0 amide bonds. The van der Waals surface area contributed by atoms with Gasteiger partial charge in [0.05, 0.1) is 17.5 Å². The van der Waals surface area contributed by atoms with E-state index in [0.29, 0.717) is 12.2 Å². The summed E-state index contributed by atoms with van der Waals surface area (Å²) in [5.74, 6) is 0.246. The van der Waals surface area contributed by atoms with Crippen LogP contribution in [0.4, 0.5) is 13.2 Å². The minimum absolute atomic E-state index is 0.246. The van der Waals surface area contributed by atoms with E-state index in [1.54, 1.807) is 12.1 Å². The summed E-state index contributed by atoms with van der Waals surface area (Å²) in [4.78, 5) is 0. The Morgan fingerprint density at radius 1 is 1.26 bits per heavy atom. The van der Waals surface area contributed by atoms with E-state index >= 15 is 0 Å². The molecule has 0 saturated heterocycles. The maximum atomic E-state index is 12.4. The van der Waals surface area contributed by atoms with Gasteiger partial charge in [0, 0.05) is 12.7 Å². The maximum Gasteiger partial charge on any atom is 0.419 e. The van der Waals surface area contributed by atoms with E-state index in [1.807, 2.05) is 6.92 Å². The Hall–Kier alpha value is -1.96. The normalized spacial score (nSPS) is 11.8. The number of halogens is 3. The molecule has 0 atom stereocenters. The number of rotatable bonds is 4. The van der Waals surface area contributed by atoms with Gasteiger partial charge >= 0.3 is 6.18 Å². The Morgan fingerprint density at radius 2 is 2.05 bits per heavy atom. The lowest BCUT2D eigenvalue weighted by Gasteiger charge is -2.03. The number of hydrogen-bond acceptors (Lipinski definition) is 4. The van der Waals surface area contributed by atoms with Gasteiger partial charge in [0.15, 0.2) is 5.82 Å². The van der Waals surface area contributed by atoms with Crippen molar-refractivity contribution in [2.45, 2.75) is 19.6 Å². The second kappa shape index (κ2) is 5.35. The van der Waals surface area contributed by atoms with Crippen LogP contribution in [-0.2, 0) is 12.7 Å². The van der Waals surface area contributed by atoms with E-state index in [4.69, 9.17) is 0 Å². The van der Waals surface area contributed by atoms with Crippen molar-refractivity contribution in [1.82, 2.24) is 25.3 Å². The van der Waals surface area contributed by atoms with Crippen LogP contribution in [0, 0.1) is 0 Å². The van der Waals surface area contributed by atoms with Gasteiger partial charge in [0.2, 0.25) is 0 Å². The molecule has 102 valence electrons. The molecule has 5 nitrogen and oxygen atoms in total. The summed E-state index contributed by atoms with van der Waals surface area (Å²) >= 11 is 0. The van der Waals surface area contributed by atoms with E-state index in [2.05, 4.69) is 20.6 Å². The largest absolute Gasteiger partial charge is 0.419 e. The first-order valence-electron chi connectivity index (χ1n) is 5.66. The van der Waals surface area contributed by atoms with E-state index in [0.717, 1.165) is 23.6 Å². The number of nitrogens with one attached hydrogen (secondary N) is 1. The Labute approximate surface area is 107 Å². The molecule has 8 heteroatoms. The van der Waals surface area contributed by atoms with Crippen LogP contribution < -0.4 is 5.32 Å². The predicted octanol–water partition coefficient (Wildman–Crippen LogP) is 1.79. The minimum Gasteiger partial charge on any atom is -0.311 e. The molecule has 2 aromatic rings. The minimum atomic E-state index is -4.41. The third-order valence-electron chi connectivity index (χ3n) is 2.41. The Kier molecular flexibility index (Phi) is 3.79. The Morgan fingerprint density at radius 3 is 2.58 bits per heavy atom. The monoisotopic (exact) mass is 271 g/mol. The van der Waals surface area contributed by atoms with Crippen LogP contribution in [0.15, 0.2) is 24.5 Å². The van der Waals surface area contributed by atoms with Gasteiger partial charge in [-0.3, -0.25) is 0 Å². The average molecular weight is 271 g/mol. The second-order valence-corrected chi connectivity index (χ2v) is 3.83. The van der Waals surface area contributed by atoms with Crippen molar-refractivity contribution in [3.05, 3.63) is 35.8 Å². The lowest BCUT2D eigenvalue weighted by Crippen LogP contribution is -2.13. The van der Waals surface area contributed by atoms with E-state index in [1.165, 1.54) is 0 Å². The van der Waals surface area contributed by atoms with E-state index < -0.39 is 11.7 Å². The van der Waals surface area contributed by atoms with Crippen molar-refractivity contribution in [3.8, 4) is 5.82 Å². The smallest absolute Gasteiger partial charge is 0.311 e. The molecule has 0 aliphatic rings. The van der Waals surface area contributed by atoms with Gasteiger partial charge in [-0.15, -0.1) is 5.10 Å². The summed E-state index contributed by atoms with van der Waals surface area (Å²) in [5, 5.41) is 14.4. The van der Waals surface area contributed by atoms with E-state index in [9.17, 15) is 13.2 Å². The fourth-order valence-corrected chi connectivity index (χ4v) is 1.42. The zero-order chi connectivity index (χ0) is 13.9. The summed E-state index contributed by atoms with van der Waals surface area (Å²) in [6.07, 6.45) is -2.77. The second-order valence-electron chi connectivity index (χ2n) is 3.83. The van der Waals surface area contributed by atoms with Crippen LogP contribution in [-0.4, -0.2) is 26.5 Å². The highest BCUT2D eigenvalue weighted by molar-refractivity contribution is 5.23. The summed E-state index contributed by atoms with van der Waals surface area (Å²) in [5.41, 5.74) is -0.0974. The molecule has 2 aromatic heterocycles. The van der Waals surface area contributed by atoms with Gasteiger partial charge in [-0.25, -0.2) is 4.68 Å². The number of hydrogen-bond donors (Lipinski definition) is 1. The Bertz CT molecular complexity index is 532. The van der Waals surface area contributed by atoms with Crippen molar-refractivity contribution in [3.63, 3.8) is 0 Å². The lowest BCUT2D eigenvalue weighted by atomic mass is 10.3. The number of nitrogens with zero attached hydrogens (tertiary/aromatic N) is 4. The van der Waals surface area contributed by atoms with Crippen LogP contribution in [0.5, 0.6) is 0 Å². The molecule has 0 saturated carbocycles. The van der Waals surface area contributed by atoms with Gasteiger partial charge in [-0.2, -0.15) is 23.4 Å². The van der Waals surface area contributed by atoms with E-state index in [-0.39, 0.29) is 5.82 Å². The molecule has 1 N–H and O–H groups in total. The SMILES string of the molecule is CCNCc1ccc(-n2cc(C(F)(F)F)cn2)nn1. The molecular weight excluding hydrogens is 259 g/mol. The molecule has 0 bridgehead atoms. The van der Waals surface area contributed by atoms with Gasteiger partial charge in [0.1, 0.15) is 0 Å². The van der Waals surface area contributed by atoms with Crippen molar-refractivity contribution < 1.29 is 13.2 Å². The van der Waals surface area contributed by atoms with Crippen molar-refractivity contribution in [1.29, 1.82) is 0 Å². The van der Waals surface area contributed by atoms with Crippen LogP contribution in [0.25, 0.3) is 5.82 Å². The maximum absolute atomic E-state index is 12.4. The first-order valence-corrected chi connectivity index (χ1v) is 5.66. The van der Waals surface area contributed by atoms with Crippen LogP contribution in [0.1, 0.15) is 18.2 Å². The van der Waals surface area contributed by atoms with Crippen molar-refractivity contribution >= 4 is 0 Å². The van der Waals surface area contributed by atoms with Crippen LogP contribution >= 0.6 is 0 Å². The van der Waals surface area contributed by atoms with Gasteiger partial charge in [0.25, 0.3) is 0 Å². The standard InChI is InChI=1S/C11H12F3N5/c1-2-15-6-9-3-4-10(18-17-9)19-7-8(5-16-19)11(12,13)14/h3-5,7,15H,2,6H2,1H3. The highest BCUT2D eigenvalue weighted by Gasteiger charge is 2.32. The highest BCUT2D eigenvalue weighted by Crippen LogP contribution is 2.28. The molecule has 19 heavy (non-hydrogen) atoms. The number of alkyl halides is 3. The summed E-state index contributed by atoms with van der Waals surface area (Å²) in [6.45, 7) is 3.33. The number of aromatic nitrogens is 4. The summed E-state index contributed by atoms with van der Waals surface area (Å²) in [6, 6.07) is 3.27. The zero-order valence-corrected chi connectivity index (χ0v) is 10.1. The third kappa shape index (κ3) is 3.28. The molecule has 0 spiro atoms. The van der Waals surface area contributed by atoms with Gasteiger partial charge in [-0.1, -0.05) is 6.92 Å². The molecule has 0 aliphatic heterocycles. The Balaban J connectivity index is 2.16. The first-order chi connectivity index (χ1) is 9.00. The fraction of sp³-hybridized carbons (Fsp3) is 0.364. The highest BCUT2D eigenvalue weighted by atomic mass is 19.4. The average Bonchev–Trinajstić information content (AvgIpc) is 2.86. The molecule has 0 aromatic carbocycles. The quantitative estimate of drug-likeness (QED) is 0.921. The van der Waals surface area contributed by atoms with Gasteiger partial charge in [-0.05, 0) is 18.7 Å². The lowest BCUT2D eigenvalue weighted by molar-refractivity contribution is -0.137.